The number of thioether (sulfide) groups is 1. The lowest BCUT2D eigenvalue weighted by Gasteiger charge is -2.22. The maximum Gasteiger partial charge on any atom is 0.251 e. The molecular formula is C28H32N6O2S. The lowest BCUT2D eigenvalue weighted by molar-refractivity contribution is 0.0953. The number of aromatic nitrogens is 4. The molecule has 0 atom stereocenters. The van der Waals surface area contributed by atoms with Crippen LogP contribution in [0.15, 0.2) is 55.0 Å². The zero-order valence-electron chi connectivity index (χ0n) is 21.2. The highest BCUT2D eigenvalue weighted by Gasteiger charge is 2.18. The Hall–Kier alpha value is -3.59. The Balaban J connectivity index is 1.49. The summed E-state index contributed by atoms with van der Waals surface area (Å²) in [7, 11) is 0. The van der Waals surface area contributed by atoms with Gasteiger partial charge in [-0.15, -0.1) is 5.10 Å². The second-order valence-corrected chi connectivity index (χ2v) is 10.5. The SMILES string of the molecule is CCCNC(=O)c1ccc(-c2cnc3c(NCC4CCSCC4)cc(Oc4cccnc4)nn23)cc1C. The monoisotopic (exact) mass is 516 g/mol. The Kier molecular flexibility index (Phi) is 7.89. The summed E-state index contributed by atoms with van der Waals surface area (Å²) < 4.78 is 7.89. The third-order valence-corrected chi connectivity index (χ3v) is 7.58. The number of aryl methyl sites for hydroxylation is 1. The van der Waals surface area contributed by atoms with Crippen LogP contribution in [0.4, 0.5) is 5.69 Å². The number of benzene rings is 1. The van der Waals surface area contributed by atoms with Gasteiger partial charge in [0, 0.05) is 36.5 Å². The van der Waals surface area contributed by atoms with Crippen molar-refractivity contribution in [3.05, 3.63) is 66.1 Å². The molecule has 1 aliphatic heterocycles. The Labute approximate surface area is 221 Å². The molecule has 192 valence electrons. The molecule has 0 bridgehead atoms. The number of amides is 1. The number of hydrogen-bond donors (Lipinski definition) is 2. The van der Waals surface area contributed by atoms with Crippen molar-refractivity contribution < 1.29 is 9.53 Å². The summed E-state index contributed by atoms with van der Waals surface area (Å²) in [6.07, 6.45) is 8.53. The summed E-state index contributed by atoms with van der Waals surface area (Å²) in [6, 6.07) is 11.4. The van der Waals surface area contributed by atoms with Crippen LogP contribution in [0.3, 0.4) is 0 Å². The van der Waals surface area contributed by atoms with Crippen LogP contribution >= 0.6 is 11.8 Å². The first-order valence-electron chi connectivity index (χ1n) is 12.8. The van der Waals surface area contributed by atoms with Crippen molar-refractivity contribution in [2.45, 2.75) is 33.1 Å². The quantitative estimate of drug-likeness (QED) is 0.300. The van der Waals surface area contributed by atoms with E-state index in [1.807, 2.05) is 72.7 Å². The average molecular weight is 517 g/mol. The highest BCUT2D eigenvalue weighted by Crippen LogP contribution is 2.30. The minimum absolute atomic E-state index is 0.0538. The van der Waals surface area contributed by atoms with Gasteiger partial charge in [-0.1, -0.05) is 13.0 Å². The Morgan fingerprint density at radius 2 is 2.05 bits per heavy atom. The van der Waals surface area contributed by atoms with Gasteiger partial charge < -0.3 is 15.4 Å². The molecule has 1 aliphatic rings. The van der Waals surface area contributed by atoms with Gasteiger partial charge in [-0.25, -0.2) is 9.50 Å². The summed E-state index contributed by atoms with van der Waals surface area (Å²) in [5, 5.41) is 11.3. The summed E-state index contributed by atoms with van der Waals surface area (Å²) in [4.78, 5) is 21.4. The standard InChI is InChI=1S/C28H32N6O2S/c1-3-10-30-28(35)23-7-6-21(14-19(23)2)25-18-32-27-24(31-16-20-8-12-37-13-9-20)15-26(33-34(25)27)36-22-5-4-11-29-17-22/h4-7,11,14-15,17-18,20,31H,3,8-10,12-13,16H2,1-2H3,(H,30,35). The molecule has 3 aromatic heterocycles. The number of rotatable bonds is 9. The number of nitrogens with zero attached hydrogens (tertiary/aromatic N) is 4. The molecule has 9 heteroatoms. The molecule has 5 rings (SSSR count). The van der Waals surface area contributed by atoms with Crippen molar-refractivity contribution in [2.24, 2.45) is 5.92 Å². The number of hydrogen-bond acceptors (Lipinski definition) is 7. The maximum absolute atomic E-state index is 12.5. The fourth-order valence-electron chi connectivity index (χ4n) is 4.47. The number of anilines is 1. The van der Waals surface area contributed by atoms with Crippen molar-refractivity contribution in [3.63, 3.8) is 0 Å². The van der Waals surface area contributed by atoms with Gasteiger partial charge in [0.15, 0.2) is 5.65 Å². The predicted molar refractivity (Wildman–Crippen MR) is 149 cm³/mol. The molecule has 1 aromatic carbocycles. The fourth-order valence-corrected chi connectivity index (χ4v) is 5.67. The van der Waals surface area contributed by atoms with Gasteiger partial charge in [-0.3, -0.25) is 9.78 Å². The number of carbonyl (C=O) groups is 1. The molecular weight excluding hydrogens is 484 g/mol. The molecule has 1 fully saturated rings. The van der Waals surface area contributed by atoms with E-state index in [9.17, 15) is 4.79 Å². The van der Waals surface area contributed by atoms with E-state index in [0.717, 1.165) is 41.1 Å². The smallest absolute Gasteiger partial charge is 0.251 e. The largest absolute Gasteiger partial charge is 0.436 e. The summed E-state index contributed by atoms with van der Waals surface area (Å²) in [5.74, 6) is 4.08. The molecule has 2 N–H and O–H groups in total. The molecule has 0 radical (unpaired) electrons. The second kappa shape index (κ2) is 11.6. The molecule has 8 nitrogen and oxygen atoms in total. The number of pyridine rings is 1. The summed E-state index contributed by atoms with van der Waals surface area (Å²) >= 11 is 2.03. The summed E-state index contributed by atoms with van der Waals surface area (Å²) in [5.41, 5.74) is 4.95. The topological polar surface area (TPSA) is 93.4 Å². The zero-order chi connectivity index (χ0) is 25.6. The lowest BCUT2D eigenvalue weighted by Crippen LogP contribution is -2.24. The predicted octanol–water partition coefficient (Wildman–Crippen LogP) is 5.59. The molecule has 1 saturated heterocycles. The van der Waals surface area contributed by atoms with Crippen molar-refractivity contribution in [3.8, 4) is 22.9 Å². The first-order chi connectivity index (χ1) is 18.1. The van der Waals surface area contributed by atoms with Gasteiger partial charge in [0.05, 0.1) is 23.8 Å². The van der Waals surface area contributed by atoms with Crippen molar-refractivity contribution in [1.29, 1.82) is 0 Å². The molecule has 0 aliphatic carbocycles. The normalized spacial score (nSPS) is 14.0. The van der Waals surface area contributed by atoms with Gasteiger partial charge in [0.1, 0.15) is 5.75 Å². The van der Waals surface area contributed by atoms with E-state index in [0.29, 0.717) is 29.7 Å². The van der Waals surface area contributed by atoms with E-state index in [2.05, 4.69) is 15.6 Å². The number of carbonyl (C=O) groups excluding carboxylic acids is 1. The van der Waals surface area contributed by atoms with E-state index in [1.165, 1.54) is 24.3 Å². The van der Waals surface area contributed by atoms with Crippen LogP contribution in [-0.4, -0.2) is 50.1 Å². The van der Waals surface area contributed by atoms with Crippen LogP contribution in [0.2, 0.25) is 0 Å². The number of imidazole rings is 1. The summed E-state index contributed by atoms with van der Waals surface area (Å²) in [6.45, 7) is 5.53. The van der Waals surface area contributed by atoms with E-state index in [4.69, 9.17) is 14.8 Å². The Morgan fingerprint density at radius 1 is 1.19 bits per heavy atom. The lowest BCUT2D eigenvalue weighted by atomic mass is 10.0. The van der Waals surface area contributed by atoms with Crippen LogP contribution < -0.4 is 15.4 Å². The van der Waals surface area contributed by atoms with Crippen LogP contribution in [0.25, 0.3) is 16.9 Å². The molecule has 4 aromatic rings. The number of fused-ring (bicyclic) bond motifs is 1. The fraction of sp³-hybridized carbons (Fsp3) is 0.357. The first-order valence-corrected chi connectivity index (χ1v) is 14.0. The van der Waals surface area contributed by atoms with Gasteiger partial charge >= 0.3 is 0 Å². The van der Waals surface area contributed by atoms with E-state index in [1.54, 1.807) is 12.4 Å². The number of ether oxygens (including phenoxy) is 1. The third kappa shape index (κ3) is 5.88. The highest BCUT2D eigenvalue weighted by molar-refractivity contribution is 7.99. The minimum atomic E-state index is -0.0538. The van der Waals surface area contributed by atoms with Gasteiger partial charge in [-0.05, 0) is 73.4 Å². The van der Waals surface area contributed by atoms with Crippen molar-refractivity contribution in [2.75, 3.05) is 29.9 Å². The molecule has 37 heavy (non-hydrogen) atoms. The molecule has 0 spiro atoms. The molecule has 0 unspecified atom stereocenters. The highest BCUT2D eigenvalue weighted by atomic mass is 32.2. The third-order valence-electron chi connectivity index (χ3n) is 6.53. The van der Waals surface area contributed by atoms with Crippen LogP contribution in [0, 0.1) is 12.8 Å². The van der Waals surface area contributed by atoms with Crippen LogP contribution in [0.5, 0.6) is 11.6 Å². The van der Waals surface area contributed by atoms with E-state index in [-0.39, 0.29) is 5.91 Å². The van der Waals surface area contributed by atoms with Crippen molar-refractivity contribution in [1.82, 2.24) is 24.9 Å². The zero-order valence-corrected chi connectivity index (χ0v) is 22.1. The van der Waals surface area contributed by atoms with Crippen LogP contribution in [-0.2, 0) is 0 Å². The minimum Gasteiger partial charge on any atom is -0.436 e. The molecule has 0 saturated carbocycles. The van der Waals surface area contributed by atoms with Crippen LogP contribution in [0.1, 0.15) is 42.1 Å². The van der Waals surface area contributed by atoms with E-state index < -0.39 is 0 Å². The molecule has 4 heterocycles. The maximum atomic E-state index is 12.5. The van der Waals surface area contributed by atoms with Crippen molar-refractivity contribution >= 4 is 29.0 Å². The van der Waals surface area contributed by atoms with E-state index >= 15 is 0 Å². The van der Waals surface area contributed by atoms with Gasteiger partial charge in [0.2, 0.25) is 5.88 Å². The Bertz CT molecular complexity index is 1370. The van der Waals surface area contributed by atoms with Gasteiger partial charge in [0.25, 0.3) is 5.91 Å². The second-order valence-electron chi connectivity index (χ2n) is 9.29. The number of nitrogens with one attached hydrogen (secondary N) is 2. The first kappa shape index (κ1) is 25.1. The average Bonchev–Trinajstić information content (AvgIpc) is 3.35. The van der Waals surface area contributed by atoms with Gasteiger partial charge in [-0.2, -0.15) is 11.8 Å². The molecule has 1 amide bonds. The Morgan fingerprint density at radius 3 is 2.81 bits per heavy atom.